The number of ether oxygens (including phenoxy) is 1. The minimum atomic E-state index is -0.624. The van der Waals surface area contributed by atoms with Gasteiger partial charge in [-0.25, -0.2) is 9.97 Å². The van der Waals surface area contributed by atoms with Gasteiger partial charge in [-0.3, -0.25) is 0 Å². The van der Waals surface area contributed by atoms with Gasteiger partial charge in [-0.05, 0) is 5.59 Å². The highest BCUT2D eigenvalue weighted by atomic mass is 35.5. The molecular formula is C11H7BClFN2O. The van der Waals surface area contributed by atoms with Gasteiger partial charge in [0, 0.05) is 23.9 Å². The molecule has 0 fully saturated rings. The second kappa shape index (κ2) is 5.14. The minimum absolute atomic E-state index is 0.155. The fourth-order valence-corrected chi connectivity index (χ4v) is 1.40. The molecule has 0 aliphatic carbocycles. The Labute approximate surface area is 104 Å². The first-order chi connectivity index (χ1) is 8.15. The first-order valence-corrected chi connectivity index (χ1v) is 5.18. The van der Waals surface area contributed by atoms with Crippen molar-refractivity contribution in [2.75, 3.05) is 0 Å². The molecule has 0 aliphatic rings. The lowest BCUT2D eigenvalue weighted by Crippen LogP contribution is -2.09. The molecule has 0 saturated heterocycles. The van der Waals surface area contributed by atoms with Crippen molar-refractivity contribution < 1.29 is 9.13 Å². The Morgan fingerprint density at radius 2 is 2.24 bits per heavy atom. The molecule has 0 aromatic carbocycles. The average molecular weight is 248 g/mol. The summed E-state index contributed by atoms with van der Waals surface area (Å²) in [6, 6.07) is 6.18. The summed E-state index contributed by atoms with van der Waals surface area (Å²) >= 11 is 5.82. The van der Waals surface area contributed by atoms with Gasteiger partial charge >= 0.3 is 0 Å². The quantitative estimate of drug-likeness (QED) is 0.612. The molecule has 0 N–H and O–H groups in total. The molecule has 0 unspecified atom stereocenters. The lowest BCUT2D eigenvalue weighted by Gasteiger charge is -2.07. The summed E-state index contributed by atoms with van der Waals surface area (Å²) in [7, 11) is 5.50. The summed E-state index contributed by atoms with van der Waals surface area (Å²) in [5.74, 6) is -0.244. The van der Waals surface area contributed by atoms with Crippen molar-refractivity contribution in [3.63, 3.8) is 0 Å². The number of aromatic nitrogens is 2. The molecule has 0 atom stereocenters. The molecule has 84 valence electrons. The van der Waals surface area contributed by atoms with Crippen LogP contribution in [-0.4, -0.2) is 17.8 Å². The van der Waals surface area contributed by atoms with Crippen LogP contribution in [0.4, 0.5) is 4.39 Å². The van der Waals surface area contributed by atoms with Gasteiger partial charge in [-0.2, -0.15) is 4.39 Å². The second-order valence-electron chi connectivity index (χ2n) is 3.29. The van der Waals surface area contributed by atoms with E-state index in [1.165, 1.54) is 6.20 Å². The predicted octanol–water partition coefficient (Wildman–Crippen LogP) is 1.64. The van der Waals surface area contributed by atoms with E-state index in [4.69, 9.17) is 24.2 Å². The van der Waals surface area contributed by atoms with Crippen LogP contribution in [0.15, 0.2) is 30.5 Å². The zero-order valence-corrected chi connectivity index (χ0v) is 9.49. The maximum atomic E-state index is 12.7. The van der Waals surface area contributed by atoms with Crippen LogP contribution in [0.25, 0.3) is 0 Å². The number of hydrogen-bond acceptors (Lipinski definition) is 3. The first-order valence-electron chi connectivity index (χ1n) is 4.80. The van der Waals surface area contributed by atoms with Crippen LogP contribution in [-0.2, 0) is 6.61 Å². The number of halogens is 2. The maximum Gasteiger partial charge on any atom is 0.214 e. The van der Waals surface area contributed by atoms with E-state index in [1.807, 2.05) is 0 Å². The van der Waals surface area contributed by atoms with E-state index in [0.29, 0.717) is 17.0 Å². The molecule has 0 amide bonds. The van der Waals surface area contributed by atoms with Gasteiger partial charge in [0.15, 0.2) is 0 Å². The third-order valence-electron chi connectivity index (χ3n) is 2.02. The van der Waals surface area contributed by atoms with Crippen LogP contribution < -0.4 is 10.3 Å². The summed E-state index contributed by atoms with van der Waals surface area (Å²) in [4.78, 5) is 7.45. The molecule has 2 aromatic heterocycles. The summed E-state index contributed by atoms with van der Waals surface area (Å²) in [5, 5.41) is 0.265. The van der Waals surface area contributed by atoms with Crippen molar-refractivity contribution in [1.29, 1.82) is 0 Å². The lowest BCUT2D eigenvalue weighted by atomic mass is 10.0. The van der Waals surface area contributed by atoms with E-state index < -0.39 is 5.95 Å². The Balaban J connectivity index is 2.07. The fourth-order valence-electron chi connectivity index (χ4n) is 1.20. The van der Waals surface area contributed by atoms with Gasteiger partial charge in [0.05, 0.1) is 5.02 Å². The van der Waals surface area contributed by atoms with Crippen molar-refractivity contribution >= 4 is 25.0 Å². The highest BCUT2D eigenvalue weighted by molar-refractivity contribution is 6.31. The zero-order valence-electron chi connectivity index (χ0n) is 8.73. The predicted molar refractivity (Wildman–Crippen MR) is 63.2 cm³/mol. The van der Waals surface area contributed by atoms with Gasteiger partial charge in [0.25, 0.3) is 0 Å². The van der Waals surface area contributed by atoms with Crippen LogP contribution >= 0.6 is 11.6 Å². The van der Waals surface area contributed by atoms with E-state index >= 15 is 0 Å². The van der Waals surface area contributed by atoms with E-state index in [2.05, 4.69) is 9.97 Å². The molecule has 3 nitrogen and oxygen atoms in total. The van der Waals surface area contributed by atoms with Crippen LogP contribution in [0, 0.1) is 5.95 Å². The molecule has 0 bridgehead atoms. The van der Waals surface area contributed by atoms with Gasteiger partial charge in [-0.15, -0.1) is 0 Å². The van der Waals surface area contributed by atoms with Gasteiger partial charge < -0.3 is 4.74 Å². The normalized spacial score (nSPS) is 10.2. The Hall–Kier alpha value is -1.62. The Bertz CT molecular complexity index is 539. The van der Waals surface area contributed by atoms with E-state index in [9.17, 15) is 4.39 Å². The highest BCUT2D eigenvalue weighted by Gasteiger charge is 2.04. The molecule has 0 spiro atoms. The summed E-state index contributed by atoms with van der Waals surface area (Å²) in [5.41, 5.74) is 0.947. The molecule has 2 radical (unpaired) electrons. The van der Waals surface area contributed by atoms with Crippen molar-refractivity contribution in [1.82, 2.24) is 9.97 Å². The van der Waals surface area contributed by atoms with Crippen LogP contribution in [0.2, 0.25) is 5.02 Å². The Morgan fingerprint density at radius 1 is 1.41 bits per heavy atom. The maximum absolute atomic E-state index is 12.7. The van der Waals surface area contributed by atoms with Crippen molar-refractivity contribution in [2.45, 2.75) is 6.61 Å². The van der Waals surface area contributed by atoms with Gasteiger partial charge in [-0.1, -0.05) is 23.7 Å². The van der Waals surface area contributed by atoms with Crippen LogP contribution in [0.5, 0.6) is 5.88 Å². The summed E-state index contributed by atoms with van der Waals surface area (Å²) < 4.78 is 18.1. The number of pyridine rings is 2. The minimum Gasteiger partial charge on any atom is -0.473 e. The molecule has 0 aliphatic heterocycles. The standard InChI is InChI=1S/C11H7BClFN2O/c12-9-2-1-3-11(16-9)17-6-7-5-15-10(14)4-8(7)13/h1-5H,6H2. The van der Waals surface area contributed by atoms with Crippen molar-refractivity contribution in [3.05, 3.63) is 47.0 Å². The first kappa shape index (κ1) is 11.9. The van der Waals surface area contributed by atoms with E-state index in [-0.39, 0.29) is 11.6 Å². The van der Waals surface area contributed by atoms with Gasteiger partial charge in [0.2, 0.25) is 11.8 Å². The largest absolute Gasteiger partial charge is 0.473 e. The van der Waals surface area contributed by atoms with Crippen LogP contribution in [0.1, 0.15) is 5.56 Å². The molecule has 2 rings (SSSR count). The van der Waals surface area contributed by atoms with Gasteiger partial charge in [0.1, 0.15) is 14.5 Å². The third kappa shape index (κ3) is 3.17. The molecule has 2 aromatic rings. The summed E-state index contributed by atoms with van der Waals surface area (Å²) in [6.45, 7) is 0.155. The average Bonchev–Trinajstić information content (AvgIpc) is 2.28. The topological polar surface area (TPSA) is 35.0 Å². The van der Waals surface area contributed by atoms with E-state index in [0.717, 1.165) is 6.07 Å². The number of rotatable bonds is 3. The number of nitrogens with zero attached hydrogens (tertiary/aromatic N) is 2. The number of hydrogen-bond donors (Lipinski definition) is 0. The van der Waals surface area contributed by atoms with Crippen molar-refractivity contribution in [2.24, 2.45) is 0 Å². The second-order valence-corrected chi connectivity index (χ2v) is 3.70. The molecule has 17 heavy (non-hydrogen) atoms. The SMILES string of the molecule is [B]c1cccc(OCc2cnc(F)cc2Cl)n1. The molecule has 0 saturated carbocycles. The van der Waals surface area contributed by atoms with Crippen molar-refractivity contribution in [3.8, 4) is 5.88 Å². The molecular weight excluding hydrogens is 241 g/mol. The smallest absolute Gasteiger partial charge is 0.214 e. The van der Waals surface area contributed by atoms with Crippen LogP contribution in [0.3, 0.4) is 0 Å². The molecule has 6 heteroatoms. The monoisotopic (exact) mass is 248 g/mol. The summed E-state index contributed by atoms with van der Waals surface area (Å²) in [6.07, 6.45) is 1.32. The third-order valence-corrected chi connectivity index (χ3v) is 2.37. The zero-order chi connectivity index (χ0) is 12.3. The Kier molecular flexibility index (Phi) is 3.59. The van der Waals surface area contributed by atoms with E-state index in [1.54, 1.807) is 18.2 Å². The Morgan fingerprint density at radius 3 is 2.94 bits per heavy atom. The lowest BCUT2D eigenvalue weighted by molar-refractivity contribution is 0.294. The molecule has 2 heterocycles. The fraction of sp³-hybridized carbons (Fsp3) is 0.0909. The highest BCUT2D eigenvalue weighted by Crippen LogP contribution is 2.17.